The molecule has 1 atom stereocenters. The SMILES string of the molecule is COc1ccc2nc(S(=O)Cc3ncc(C)c(OC)c3C)n(S(=O)(=O)c3ccc(OCC(C)=O)c(OCC(N)=O)c3)c2c1. The van der Waals surface area contributed by atoms with Crippen LogP contribution in [-0.4, -0.2) is 65.7 Å². The van der Waals surface area contributed by atoms with Crippen LogP contribution in [0.15, 0.2) is 52.6 Å². The Bertz CT molecular complexity index is 1850. The number of ketones is 1. The molecular formula is C28H30N4O9S2. The lowest BCUT2D eigenvalue weighted by Gasteiger charge is -2.15. The second-order valence-electron chi connectivity index (χ2n) is 9.41. The molecule has 0 aliphatic rings. The van der Waals surface area contributed by atoms with Gasteiger partial charge in [-0.15, -0.1) is 0 Å². The maximum absolute atomic E-state index is 14.2. The summed E-state index contributed by atoms with van der Waals surface area (Å²) in [5.74, 6) is -0.442. The number of amides is 1. The summed E-state index contributed by atoms with van der Waals surface area (Å²) in [4.78, 5) is 31.4. The highest BCUT2D eigenvalue weighted by atomic mass is 32.2. The topological polar surface area (TPSA) is 179 Å². The molecule has 43 heavy (non-hydrogen) atoms. The molecule has 0 radical (unpaired) electrons. The molecule has 0 spiro atoms. The Morgan fingerprint density at radius 1 is 1.00 bits per heavy atom. The van der Waals surface area contributed by atoms with E-state index in [9.17, 15) is 22.2 Å². The summed E-state index contributed by atoms with van der Waals surface area (Å²) in [7, 11) is -3.57. The number of hydrogen-bond donors (Lipinski definition) is 1. The number of carbonyl (C=O) groups excluding carboxylic acids is 2. The number of fused-ring (bicyclic) bond motifs is 1. The van der Waals surface area contributed by atoms with E-state index in [0.29, 0.717) is 22.8 Å². The zero-order chi connectivity index (χ0) is 31.5. The van der Waals surface area contributed by atoms with E-state index in [1.54, 1.807) is 25.3 Å². The average molecular weight is 631 g/mol. The molecule has 2 aromatic heterocycles. The molecule has 0 aliphatic carbocycles. The normalized spacial score (nSPS) is 12.1. The number of imidazole rings is 1. The molecule has 4 aromatic rings. The first-order chi connectivity index (χ1) is 20.4. The van der Waals surface area contributed by atoms with E-state index in [1.807, 2.05) is 6.92 Å². The zero-order valence-corrected chi connectivity index (χ0v) is 25.7. The molecule has 0 aliphatic heterocycles. The quantitative estimate of drug-likeness (QED) is 0.229. The molecule has 0 fully saturated rings. The van der Waals surface area contributed by atoms with Crippen LogP contribution in [0.4, 0.5) is 0 Å². The molecule has 2 heterocycles. The first-order valence-corrected chi connectivity index (χ1v) is 15.5. The second-order valence-corrected chi connectivity index (χ2v) is 12.5. The number of nitrogens with two attached hydrogens (primary N) is 1. The predicted octanol–water partition coefficient (Wildman–Crippen LogP) is 2.44. The highest BCUT2D eigenvalue weighted by Gasteiger charge is 2.30. The molecule has 2 aromatic carbocycles. The Hall–Kier alpha value is -4.50. The third-order valence-electron chi connectivity index (χ3n) is 6.27. The number of rotatable bonds is 13. The molecule has 0 bridgehead atoms. The van der Waals surface area contributed by atoms with Gasteiger partial charge in [0, 0.05) is 29.5 Å². The van der Waals surface area contributed by atoms with Crippen LogP contribution in [0.5, 0.6) is 23.0 Å². The number of hydrogen-bond acceptors (Lipinski definition) is 11. The third kappa shape index (κ3) is 6.62. The molecular weight excluding hydrogens is 600 g/mol. The number of methoxy groups -OCH3 is 2. The number of Topliss-reactive ketones (excluding diaryl/α,β-unsaturated/α-hetero) is 1. The van der Waals surface area contributed by atoms with Crippen molar-refractivity contribution in [2.45, 2.75) is 36.6 Å². The van der Waals surface area contributed by atoms with Crippen LogP contribution in [0.2, 0.25) is 0 Å². The summed E-state index contributed by atoms with van der Waals surface area (Å²) in [6.45, 7) is 4.03. The maximum Gasteiger partial charge on any atom is 0.270 e. The summed E-state index contributed by atoms with van der Waals surface area (Å²) in [6, 6.07) is 8.27. The standard InChI is InChI=1S/C28H30N4O9S2/c1-16-12-30-22(18(3)27(16)39-5)15-42(35)28-31-21-8-6-19(38-4)10-23(21)32(28)43(36,37)20-7-9-24(40-13-17(2)33)25(11-20)41-14-26(29)34/h6-12H,13-15H2,1-5H3,(H2,29,34). The van der Waals surface area contributed by atoms with Crippen LogP contribution in [-0.2, 0) is 36.2 Å². The molecule has 1 unspecified atom stereocenters. The maximum atomic E-state index is 14.2. The predicted molar refractivity (Wildman–Crippen MR) is 157 cm³/mol. The fraction of sp³-hybridized carbons (Fsp3) is 0.286. The van der Waals surface area contributed by atoms with Crippen LogP contribution >= 0.6 is 0 Å². The molecule has 1 amide bonds. The van der Waals surface area contributed by atoms with E-state index < -0.39 is 33.3 Å². The zero-order valence-electron chi connectivity index (χ0n) is 24.1. The van der Waals surface area contributed by atoms with Crippen molar-refractivity contribution in [3.05, 3.63) is 59.4 Å². The van der Waals surface area contributed by atoms with Gasteiger partial charge in [0.05, 0.1) is 52.4 Å². The van der Waals surface area contributed by atoms with Crippen molar-refractivity contribution in [2.24, 2.45) is 5.73 Å². The number of primary amides is 1. The molecule has 0 saturated carbocycles. The Kier molecular flexibility index (Phi) is 9.35. The van der Waals surface area contributed by atoms with Gasteiger partial charge >= 0.3 is 0 Å². The van der Waals surface area contributed by atoms with Crippen molar-refractivity contribution in [2.75, 3.05) is 27.4 Å². The largest absolute Gasteiger partial charge is 0.497 e. The Morgan fingerprint density at radius 3 is 2.37 bits per heavy atom. The van der Waals surface area contributed by atoms with Crippen molar-refractivity contribution in [1.29, 1.82) is 0 Å². The molecule has 15 heteroatoms. The highest BCUT2D eigenvalue weighted by Crippen LogP contribution is 2.34. The summed E-state index contributed by atoms with van der Waals surface area (Å²) >= 11 is 0. The van der Waals surface area contributed by atoms with Gasteiger partial charge in [-0.25, -0.2) is 17.4 Å². The number of pyridine rings is 1. The van der Waals surface area contributed by atoms with E-state index in [-0.39, 0.29) is 50.7 Å². The van der Waals surface area contributed by atoms with Crippen LogP contribution in [0.1, 0.15) is 23.7 Å². The number of carbonyl (C=O) groups is 2. The fourth-order valence-electron chi connectivity index (χ4n) is 4.23. The summed E-state index contributed by atoms with van der Waals surface area (Å²) in [5.41, 5.74) is 7.49. The number of ether oxygens (including phenoxy) is 4. The first-order valence-electron chi connectivity index (χ1n) is 12.7. The molecule has 228 valence electrons. The minimum Gasteiger partial charge on any atom is -0.497 e. The number of nitrogens with zero attached hydrogens (tertiary/aromatic N) is 3. The Labute approximate surface area is 250 Å². The van der Waals surface area contributed by atoms with Gasteiger partial charge in [0.2, 0.25) is 5.16 Å². The lowest BCUT2D eigenvalue weighted by molar-refractivity contribution is -0.120. The van der Waals surface area contributed by atoms with Crippen molar-refractivity contribution in [1.82, 2.24) is 13.9 Å². The monoisotopic (exact) mass is 630 g/mol. The minimum atomic E-state index is -4.51. The van der Waals surface area contributed by atoms with E-state index in [2.05, 4.69) is 9.97 Å². The van der Waals surface area contributed by atoms with Crippen molar-refractivity contribution in [3.63, 3.8) is 0 Å². The van der Waals surface area contributed by atoms with Crippen molar-refractivity contribution in [3.8, 4) is 23.0 Å². The number of aromatic nitrogens is 3. The van der Waals surface area contributed by atoms with Gasteiger partial charge in [-0.05, 0) is 45.0 Å². The van der Waals surface area contributed by atoms with E-state index >= 15 is 0 Å². The second kappa shape index (κ2) is 12.8. The lowest BCUT2D eigenvalue weighted by atomic mass is 10.1. The van der Waals surface area contributed by atoms with E-state index in [4.69, 9.17) is 24.7 Å². The lowest BCUT2D eigenvalue weighted by Crippen LogP contribution is -2.21. The van der Waals surface area contributed by atoms with E-state index in [1.165, 1.54) is 39.3 Å². The van der Waals surface area contributed by atoms with Gasteiger partial charge in [0.15, 0.2) is 23.9 Å². The Morgan fingerprint density at radius 2 is 1.72 bits per heavy atom. The third-order valence-corrected chi connectivity index (χ3v) is 9.30. The minimum absolute atomic E-state index is 0.0197. The van der Waals surface area contributed by atoms with Crippen LogP contribution in [0.3, 0.4) is 0 Å². The van der Waals surface area contributed by atoms with Gasteiger partial charge in [-0.2, -0.15) is 0 Å². The van der Waals surface area contributed by atoms with Crippen LogP contribution in [0.25, 0.3) is 11.0 Å². The smallest absolute Gasteiger partial charge is 0.270 e. The van der Waals surface area contributed by atoms with Crippen molar-refractivity contribution >= 4 is 43.5 Å². The summed E-state index contributed by atoms with van der Waals surface area (Å²) in [5, 5.41) is -0.250. The highest BCUT2D eigenvalue weighted by molar-refractivity contribution is 7.91. The van der Waals surface area contributed by atoms with Crippen LogP contribution < -0.4 is 24.7 Å². The summed E-state index contributed by atoms with van der Waals surface area (Å²) < 4.78 is 64.8. The fourth-order valence-corrected chi connectivity index (χ4v) is 7.29. The number of benzene rings is 2. The first kappa shape index (κ1) is 31.4. The van der Waals surface area contributed by atoms with Gasteiger partial charge in [0.1, 0.15) is 18.1 Å². The number of aryl methyl sites for hydroxylation is 1. The molecule has 2 N–H and O–H groups in total. The molecule has 0 saturated heterocycles. The van der Waals surface area contributed by atoms with E-state index in [0.717, 1.165) is 15.6 Å². The van der Waals surface area contributed by atoms with Gasteiger partial charge in [-0.1, -0.05) is 0 Å². The summed E-state index contributed by atoms with van der Waals surface area (Å²) in [6.07, 6.45) is 1.59. The van der Waals surface area contributed by atoms with Gasteiger partial charge < -0.3 is 24.7 Å². The average Bonchev–Trinajstić information content (AvgIpc) is 3.36. The van der Waals surface area contributed by atoms with Crippen LogP contribution in [0, 0.1) is 13.8 Å². The molecule has 4 rings (SSSR count). The molecule has 13 nitrogen and oxygen atoms in total. The van der Waals surface area contributed by atoms with Gasteiger partial charge in [0.25, 0.3) is 15.9 Å². The Balaban J connectivity index is 1.87. The van der Waals surface area contributed by atoms with Crippen molar-refractivity contribution < 1.29 is 41.2 Å². The van der Waals surface area contributed by atoms with Gasteiger partial charge in [-0.3, -0.25) is 18.8 Å².